The van der Waals surface area contributed by atoms with Crippen LogP contribution in [0.2, 0.25) is 0 Å². The molecule has 8 heteroatoms. The topological polar surface area (TPSA) is 75.7 Å². The second-order valence-corrected chi connectivity index (χ2v) is 10.1. The molecule has 0 unspecified atom stereocenters. The molecule has 2 saturated carbocycles. The predicted molar refractivity (Wildman–Crippen MR) is 116 cm³/mol. The number of nitrogens with zero attached hydrogens (tertiary/aromatic N) is 1. The van der Waals surface area contributed by atoms with Crippen molar-refractivity contribution in [2.75, 3.05) is 17.5 Å². The fraction of sp³-hybridized carbons (Fsp3) is 0.435. The Morgan fingerprint density at radius 1 is 1.10 bits per heavy atom. The van der Waals surface area contributed by atoms with Crippen molar-refractivity contribution >= 4 is 21.6 Å². The number of rotatable bonds is 8. The number of carbonyl (C=O) groups is 1. The molecule has 2 fully saturated rings. The van der Waals surface area contributed by atoms with Gasteiger partial charge < -0.3 is 10.1 Å². The average Bonchev–Trinajstić information content (AvgIpc) is 3.36. The molecule has 2 aromatic carbocycles. The molecular formula is C23H27FN2O4S. The summed E-state index contributed by atoms with van der Waals surface area (Å²) in [6.45, 7) is 2.00. The SMILES string of the molecule is CCOc1ccc(N(CC(=O)N[C@H]2C[C@H]3CC[C@H]2C3)S(=O)(=O)c2ccc(F)cc2)cc1. The molecule has 0 saturated heterocycles. The van der Waals surface area contributed by atoms with Crippen LogP contribution >= 0.6 is 0 Å². The van der Waals surface area contributed by atoms with Gasteiger partial charge in [0.25, 0.3) is 10.0 Å². The molecule has 1 N–H and O–H groups in total. The maximum atomic E-state index is 13.3. The van der Waals surface area contributed by atoms with Gasteiger partial charge in [-0.25, -0.2) is 12.8 Å². The molecule has 0 radical (unpaired) electrons. The van der Waals surface area contributed by atoms with Gasteiger partial charge in [-0.15, -0.1) is 0 Å². The van der Waals surface area contributed by atoms with Crippen LogP contribution in [-0.4, -0.2) is 33.5 Å². The average molecular weight is 447 g/mol. The van der Waals surface area contributed by atoms with Crippen LogP contribution in [-0.2, 0) is 14.8 Å². The van der Waals surface area contributed by atoms with E-state index in [1.54, 1.807) is 24.3 Å². The molecule has 0 spiro atoms. The zero-order valence-electron chi connectivity index (χ0n) is 17.5. The number of sulfonamides is 1. The maximum Gasteiger partial charge on any atom is 0.264 e. The van der Waals surface area contributed by atoms with Gasteiger partial charge in [-0.1, -0.05) is 6.42 Å². The zero-order chi connectivity index (χ0) is 22.0. The summed E-state index contributed by atoms with van der Waals surface area (Å²) in [5.74, 6) is 0.900. The van der Waals surface area contributed by atoms with Crippen LogP contribution in [0.1, 0.15) is 32.6 Å². The van der Waals surface area contributed by atoms with Gasteiger partial charge in [0.1, 0.15) is 18.1 Å². The summed E-state index contributed by atoms with van der Waals surface area (Å²) in [6.07, 6.45) is 4.44. The number of hydrogen-bond donors (Lipinski definition) is 1. The molecule has 3 atom stereocenters. The van der Waals surface area contributed by atoms with E-state index in [1.165, 1.54) is 18.6 Å². The van der Waals surface area contributed by atoms with E-state index < -0.39 is 15.8 Å². The molecule has 31 heavy (non-hydrogen) atoms. The molecule has 0 heterocycles. The first kappa shape index (κ1) is 21.6. The van der Waals surface area contributed by atoms with Crippen molar-refractivity contribution in [3.05, 3.63) is 54.3 Å². The predicted octanol–water partition coefficient (Wildman–Crippen LogP) is 3.72. The number of carbonyl (C=O) groups excluding carboxylic acids is 1. The minimum absolute atomic E-state index is 0.0736. The first-order chi connectivity index (χ1) is 14.9. The molecule has 4 rings (SSSR count). The number of amides is 1. The number of benzene rings is 2. The zero-order valence-corrected chi connectivity index (χ0v) is 18.3. The van der Waals surface area contributed by atoms with Crippen molar-refractivity contribution in [3.63, 3.8) is 0 Å². The summed E-state index contributed by atoms with van der Waals surface area (Å²) in [4.78, 5) is 12.8. The van der Waals surface area contributed by atoms with E-state index in [9.17, 15) is 17.6 Å². The molecule has 1 amide bonds. The molecule has 166 valence electrons. The molecule has 2 bridgehead atoms. The Morgan fingerprint density at radius 3 is 2.39 bits per heavy atom. The first-order valence-corrected chi connectivity index (χ1v) is 12.1. The summed E-state index contributed by atoms with van der Waals surface area (Å²) >= 11 is 0. The Labute approximate surface area is 182 Å². The molecule has 0 aromatic heterocycles. The van der Waals surface area contributed by atoms with Gasteiger partial charge in [0, 0.05) is 6.04 Å². The Hall–Kier alpha value is -2.61. The van der Waals surface area contributed by atoms with E-state index in [-0.39, 0.29) is 23.4 Å². The number of nitrogens with one attached hydrogen (secondary N) is 1. The number of fused-ring (bicyclic) bond motifs is 2. The Kier molecular flexibility index (Phi) is 6.18. The normalized spacial score (nSPS) is 22.3. The number of hydrogen-bond acceptors (Lipinski definition) is 4. The van der Waals surface area contributed by atoms with Gasteiger partial charge in [-0.05, 0) is 86.6 Å². The van der Waals surface area contributed by atoms with Crippen LogP contribution in [0.25, 0.3) is 0 Å². The minimum Gasteiger partial charge on any atom is -0.494 e. The van der Waals surface area contributed by atoms with Crippen molar-refractivity contribution in [2.24, 2.45) is 11.8 Å². The third-order valence-electron chi connectivity index (χ3n) is 6.21. The smallest absolute Gasteiger partial charge is 0.264 e. The van der Waals surface area contributed by atoms with Gasteiger partial charge >= 0.3 is 0 Å². The Bertz CT molecular complexity index is 1020. The quantitative estimate of drug-likeness (QED) is 0.671. The highest BCUT2D eigenvalue weighted by Crippen LogP contribution is 2.44. The van der Waals surface area contributed by atoms with Crippen molar-refractivity contribution in [1.29, 1.82) is 0 Å². The monoisotopic (exact) mass is 446 g/mol. The van der Waals surface area contributed by atoms with Gasteiger partial charge in [-0.2, -0.15) is 0 Å². The van der Waals surface area contributed by atoms with Gasteiger partial charge in [-0.3, -0.25) is 9.10 Å². The second kappa shape index (κ2) is 8.86. The Morgan fingerprint density at radius 2 is 1.81 bits per heavy atom. The summed E-state index contributed by atoms with van der Waals surface area (Å²) in [7, 11) is -4.07. The van der Waals surface area contributed by atoms with Crippen molar-refractivity contribution in [2.45, 2.75) is 43.5 Å². The van der Waals surface area contributed by atoms with Crippen molar-refractivity contribution < 1.29 is 22.3 Å². The number of ether oxygens (including phenoxy) is 1. The van der Waals surface area contributed by atoms with Crippen LogP contribution < -0.4 is 14.4 Å². The maximum absolute atomic E-state index is 13.3. The van der Waals surface area contributed by atoms with Crippen LogP contribution in [0.4, 0.5) is 10.1 Å². The molecule has 2 aromatic rings. The van der Waals surface area contributed by atoms with Crippen LogP contribution in [0.3, 0.4) is 0 Å². The summed E-state index contributed by atoms with van der Waals surface area (Å²) in [5.41, 5.74) is 0.343. The van der Waals surface area contributed by atoms with Crippen LogP contribution in [0.5, 0.6) is 5.75 Å². The van der Waals surface area contributed by atoms with Crippen molar-refractivity contribution in [3.8, 4) is 5.75 Å². The van der Waals surface area contributed by atoms with Crippen molar-refractivity contribution in [1.82, 2.24) is 5.32 Å². The summed E-state index contributed by atoms with van der Waals surface area (Å²) < 4.78 is 46.5. The second-order valence-electron chi connectivity index (χ2n) is 8.24. The van der Waals surface area contributed by atoms with Gasteiger partial charge in [0.05, 0.1) is 17.2 Å². The lowest BCUT2D eigenvalue weighted by atomic mass is 9.95. The lowest BCUT2D eigenvalue weighted by molar-refractivity contribution is -0.120. The molecule has 2 aliphatic carbocycles. The van der Waals surface area contributed by atoms with E-state index in [0.29, 0.717) is 29.9 Å². The first-order valence-electron chi connectivity index (χ1n) is 10.7. The Balaban J connectivity index is 1.58. The third-order valence-corrected chi connectivity index (χ3v) is 8.00. The highest BCUT2D eigenvalue weighted by Gasteiger charge is 2.40. The summed E-state index contributed by atoms with van der Waals surface area (Å²) in [5, 5.41) is 3.05. The molecule has 2 aliphatic rings. The number of halogens is 1. The van der Waals surface area contributed by atoms with Crippen LogP contribution in [0.15, 0.2) is 53.4 Å². The lowest BCUT2D eigenvalue weighted by Gasteiger charge is -2.27. The van der Waals surface area contributed by atoms with E-state index in [0.717, 1.165) is 35.7 Å². The largest absolute Gasteiger partial charge is 0.494 e. The standard InChI is InChI=1S/C23H27FN2O4S/c1-2-30-20-9-7-19(8-10-20)26(31(28,29)21-11-5-18(24)6-12-21)15-23(27)25-22-14-16-3-4-17(22)13-16/h5-12,16-17,22H,2-4,13-15H2,1H3,(H,25,27)/t16-,17-,22-/m0/s1. The minimum atomic E-state index is -4.07. The summed E-state index contributed by atoms with van der Waals surface area (Å²) in [6, 6.07) is 11.3. The third kappa shape index (κ3) is 4.69. The van der Waals surface area contributed by atoms with Crippen LogP contribution in [0, 0.1) is 17.7 Å². The highest BCUT2D eigenvalue weighted by atomic mass is 32.2. The van der Waals surface area contributed by atoms with E-state index in [2.05, 4.69) is 5.32 Å². The highest BCUT2D eigenvalue weighted by molar-refractivity contribution is 7.92. The lowest BCUT2D eigenvalue weighted by Crippen LogP contribution is -2.46. The fourth-order valence-electron chi connectivity index (χ4n) is 4.73. The van der Waals surface area contributed by atoms with E-state index in [1.807, 2.05) is 6.92 Å². The fourth-order valence-corrected chi connectivity index (χ4v) is 6.15. The van der Waals surface area contributed by atoms with Gasteiger partial charge in [0.2, 0.25) is 5.91 Å². The van der Waals surface area contributed by atoms with E-state index in [4.69, 9.17) is 4.74 Å². The molecular weight excluding hydrogens is 419 g/mol. The molecule has 0 aliphatic heterocycles. The molecule has 6 nitrogen and oxygen atoms in total. The number of anilines is 1. The van der Waals surface area contributed by atoms with E-state index >= 15 is 0 Å². The van der Waals surface area contributed by atoms with Gasteiger partial charge in [0.15, 0.2) is 0 Å².